The maximum Gasteiger partial charge on any atom is 0.251 e. The monoisotopic (exact) mass is 340 g/mol. The topological polar surface area (TPSA) is 75.3 Å². The molecular weight excluding hydrogens is 328 g/mol. The number of hydrogen-bond donors (Lipinski definition) is 2. The van der Waals surface area contributed by atoms with Gasteiger partial charge < -0.3 is 5.32 Å². The number of halogens is 1. The van der Waals surface area contributed by atoms with Crippen molar-refractivity contribution in [1.29, 1.82) is 0 Å². The van der Waals surface area contributed by atoms with E-state index in [1.807, 2.05) is 6.92 Å². The van der Waals surface area contributed by atoms with Gasteiger partial charge in [-0.3, -0.25) is 4.79 Å². The lowest BCUT2D eigenvalue weighted by Crippen LogP contribution is -2.30. The molecule has 1 amide bonds. The predicted molar refractivity (Wildman–Crippen MR) is 70.5 cm³/mol. The van der Waals surface area contributed by atoms with Crippen LogP contribution < -0.4 is 10.0 Å². The fraction of sp³-hybridized carbons (Fsp3) is 0.444. The molecule has 8 heteroatoms. The van der Waals surface area contributed by atoms with Crippen molar-refractivity contribution >= 4 is 43.2 Å². The van der Waals surface area contributed by atoms with Gasteiger partial charge in [0.05, 0.1) is 0 Å². The second kappa shape index (κ2) is 6.48. The smallest absolute Gasteiger partial charge is 0.251 e. The number of amides is 1. The van der Waals surface area contributed by atoms with Crippen molar-refractivity contribution in [2.45, 2.75) is 17.6 Å². The molecule has 0 unspecified atom stereocenters. The summed E-state index contributed by atoms with van der Waals surface area (Å²) in [6.45, 7) is 2.45. The Labute approximate surface area is 113 Å². The molecule has 2 N–H and O–H groups in total. The van der Waals surface area contributed by atoms with Gasteiger partial charge in [0.25, 0.3) is 10.0 Å². The molecular formula is C9H13BrN2O3S2. The van der Waals surface area contributed by atoms with Crippen molar-refractivity contribution in [2.75, 3.05) is 13.1 Å². The lowest BCUT2D eigenvalue weighted by Gasteiger charge is -2.05. The molecule has 0 saturated heterocycles. The van der Waals surface area contributed by atoms with E-state index in [1.54, 1.807) is 11.4 Å². The van der Waals surface area contributed by atoms with Crippen molar-refractivity contribution < 1.29 is 13.2 Å². The molecule has 0 radical (unpaired) electrons. The molecule has 0 fully saturated rings. The average molecular weight is 341 g/mol. The minimum Gasteiger partial charge on any atom is -0.356 e. The number of thiophene rings is 1. The third-order valence-electron chi connectivity index (χ3n) is 1.85. The first-order chi connectivity index (χ1) is 7.97. The Morgan fingerprint density at radius 1 is 1.53 bits per heavy atom. The normalized spacial score (nSPS) is 11.4. The van der Waals surface area contributed by atoms with Gasteiger partial charge in [-0.1, -0.05) is 0 Å². The van der Waals surface area contributed by atoms with Crippen LogP contribution >= 0.6 is 27.3 Å². The molecule has 1 rings (SSSR count). The first kappa shape index (κ1) is 14.6. The highest BCUT2D eigenvalue weighted by Crippen LogP contribution is 2.27. The van der Waals surface area contributed by atoms with Crippen molar-refractivity contribution in [2.24, 2.45) is 0 Å². The summed E-state index contributed by atoms with van der Waals surface area (Å²) in [6, 6.07) is 1.67. The third-order valence-corrected chi connectivity index (χ3v) is 5.98. The van der Waals surface area contributed by atoms with E-state index >= 15 is 0 Å². The second-order valence-electron chi connectivity index (χ2n) is 3.16. The summed E-state index contributed by atoms with van der Waals surface area (Å²) in [5, 5.41) is 4.28. The quantitative estimate of drug-likeness (QED) is 0.819. The summed E-state index contributed by atoms with van der Waals surface area (Å²) < 4.78 is 26.7. The van der Waals surface area contributed by atoms with Crippen LogP contribution in [0.3, 0.4) is 0 Å². The number of carbonyl (C=O) groups excluding carboxylic acids is 1. The molecule has 0 aromatic carbocycles. The van der Waals surface area contributed by atoms with E-state index in [1.165, 1.54) is 0 Å². The van der Waals surface area contributed by atoms with Crippen LogP contribution in [-0.2, 0) is 14.8 Å². The van der Waals surface area contributed by atoms with Gasteiger partial charge in [0.2, 0.25) is 5.91 Å². The third kappa shape index (κ3) is 4.38. The molecule has 0 atom stereocenters. The van der Waals surface area contributed by atoms with Crippen LogP contribution in [0, 0.1) is 0 Å². The average Bonchev–Trinajstić information content (AvgIpc) is 2.65. The zero-order valence-electron chi connectivity index (χ0n) is 9.20. The molecule has 17 heavy (non-hydrogen) atoms. The van der Waals surface area contributed by atoms with Crippen LogP contribution in [0.25, 0.3) is 0 Å². The SMILES string of the molecule is CCNC(=O)CCNS(=O)(=O)c1sccc1Br. The maximum atomic E-state index is 11.8. The van der Waals surface area contributed by atoms with Crippen molar-refractivity contribution in [3.63, 3.8) is 0 Å². The van der Waals surface area contributed by atoms with E-state index in [4.69, 9.17) is 0 Å². The van der Waals surface area contributed by atoms with Crippen LogP contribution in [0.4, 0.5) is 0 Å². The van der Waals surface area contributed by atoms with Gasteiger partial charge in [-0.2, -0.15) is 0 Å². The zero-order chi connectivity index (χ0) is 12.9. The van der Waals surface area contributed by atoms with Crippen molar-refractivity contribution in [3.05, 3.63) is 15.9 Å². The Balaban J connectivity index is 2.52. The number of sulfonamides is 1. The molecule has 1 aromatic rings. The van der Waals surface area contributed by atoms with Gasteiger partial charge in [0.15, 0.2) is 0 Å². The summed E-state index contributed by atoms with van der Waals surface area (Å²) in [7, 11) is -3.52. The Morgan fingerprint density at radius 2 is 2.24 bits per heavy atom. The van der Waals surface area contributed by atoms with Crippen molar-refractivity contribution in [1.82, 2.24) is 10.0 Å². The Kier molecular flexibility index (Phi) is 5.57. The van der Waals surface area contributed by atoms with Crippen LogP contribution in [0.5, 0.6) is 0 Å². The van der Waals surface area contributed by atoms with Crippen molar-refractivity contribution in [3.8, 4) is 0 Å². The largest absolute Gasteiger partial charge is 0.356 e. The van der Waals surface area contributed by atoms with Gasteiger partial charge in [-0.15, -0.1) is 11.3 Å². The highest BCUT2D eigenvalue weighted by molar-refractivity contribution is 9.10. The van der Waals surface area contributed by atoms with Gasteiger partial charge in [-0.05, 0) is 34.3 Å². The number of carbonyl (C=O) groups is 1. The van der Waals surface area contributed by atoms with E-state index < -0.39 is 10.0 Å². The van der Waals surface area contributed by atoms with Crippen LogP contribution in [0.15, 0.2) is 20.1 Å². The molecule has 0 aliphatic heterocycles. The fourth-order valence-electron chi connectivity index (χ4n) is 1.12. The Bertz CT molecular complexity index is 484. The van der Waals surface area contributed by atoms with Crippen LogP contribution in [0.1, 0.15) is 13.3 Å². The lowest BCUT2D eigenvalue weighted by atomic mass is 10.4. The molecule has 0 aliphatic rings. The van der Waals surface area contributed by atoms with Crippen LogP contribution in [-0.4, -0.2) is 27.4 Å². The Morgan fingerprint density at radius 3 is 2.76 bits per heavy atom. The molecule has 0 aliphatic carbocycles. The zero-order valence-corrected chi connectivity index (χ0v) is 12.4. The first-order valence-electron chi connectivity index (χ1n) is 4.96. The van der Waals surface area contributed by atoms with Gasteiger partial charge in [0, 0.05) is 24.0 Å². The van der Waals surface area contributed by atoms with E-state index in [0.29, 0.717) is 11.0 Å². The van der Waals surface area contributed by atoms with E-state index in [2.05, 4.69) is 26.0 Å². The summed E-state index contributed by atoms with van der Waals surface area (Å²) in [5.74, 6) is -0.166. The molecule has 0 spiro atoms. The highest BCUT2D eigenvalue weighted by atomic mass is 79.9. The number of nitrogens with one attached hydrogen (secondary N) is 2. The molecule has 96 valence electrons. The highest BCUT2D eigenvalue weighted by Gasteiger charge is 2.18. The lowest BCUT2D eigenvalue weighted by molar-refractivity contribution is -0.120. The fourth-order valence-corrected chi connectivity index (χ4v) is 4.53. The molecule has 5 nitrogen and oxygen atoms in total. The second-order valence-corrected chi connectivity index (χ2v) is 6.89. The van der Waals surface area contributed by atoms with E-state index in [9.17, 15) is 13.2 Å². The molecule has 0 bridgehead atoms. The minimum absolute atomic E-state index is 0.0957. The summed E-state index contributed by atoms with van der Waals surface area (Å²) in [6.07, 6.45) is 0.135. The summed E-state index contributed by atoms with van der Waals surface area (Å²) in [5.41, 5.74) is 0. The predicted octanol–water partition coefficient (Wildman–Crippen LogP) is 1.32. The first-order valence-corrected chi connectivity index (χ1v) is 8.12. The number of rotatable bonds is 6. The maximum absolute atomic E-state index is 11.8. The van der Waals surface area contributed by atoms with Crippen LogP contribution in [0.2, 0.25) is 0 Å². The van der Waals surface area contributed by atoms with E-state index in [0.717, 1.165) is 11.3 Å². The standard InChI is InChI=1S/C9H13BrN2O3S2/c1-2-11-8(13)3-5-12-17(14,15)9-7(10)4-6-16-9/h4,6,12H,2-3,5H2,1H3,(H,11,13). The number of hydrogen-bond acceptors (Lipinski definition) is 4. The molecule has 1 heterocycles. The summed E-state index contributed by atoms with van der Waals surface area (Å²) in [4.78, 5) is 11.1. The van der Waals surface area contributed by atoms with E-state index in [-0.39, 0.29) is 23.1 Å². The minimum atomic E-state index is -3.52. The van der Waals surface area contributed by atoms with Gasteiger partial charge >= 0.3 is 0 Å². The summed E-state index contributed by atoms with van der Waals surface area (Å²) >= 11 is 4.29. The molecule has 0 saturated carbocycles. The Hall–Kier alpha value is -0.440. The molecule has 1 aromatic heterocycles. The van der Waals surface area contributed by atoms with Gasteiger partial charge in [-0.25, -0.2) is 13.1 Å². The van der Waals surface area contributed by atoms with Gasteiger partial charge in [0.1, 0.15) is 4.21 Å².